The number of anilines is 2. The molecule has 1 saturated heterocycles. The molecule has 124 valence electrons. The van der Waals surface area contributed by atoms with Gasteiger partial charge in [0.25, 0.3) is 5.91 Å². The number of hydrogen-bond donors (Lipinski definition) is 0. The molecular weight excluding hydrogens is 340 g/mol. The number of furan rings is 1. The zero-order valence-corrected chi connectivity index (χ0v) is 15.2. The molecule has 24 heavy (non-hydrogen) atoms. The molecule has 1 aliphatic heterocycles. The van der Waals surface area contributed by atoms with Gasteiger partial charge in [-0.2, -0.15) is 0 Å². The van der Waals surface area contributed by atoms with E-state index in [0.29, 0.717) is 15.0 Å². The number of amides is 1. The summed E-state index contributed by atoms with van der Waals surface area (Å²) in [7, 11) is 0. The summed E-state index contributed by atoms with van der Waals surface area (Å²) in [5, 5.41) is 0. The van der Waals surface area contributed by atoms with Crippen LogP contribution in [0.5, 0.6) is 0 Å². The number of nitrogens with zero attached hydrogens (tertiary/aromatic N) is 2. The van der Waals surface area contributed by atoms with Gasteiger partial charge < -0.3 is 9.32 Å². The number of thioether (sulfide) groups is 1. The molecule has 1 aromatic carbocycles. The van der Waals surface area contributed by atoms with Crippen molar-refractivity contribution in [2.24, 2.45) is 0 Å². The number of carbonyl (C=O) groups is 1. The standard InChI is InChI=1S/C18H18N2O2S2/c1-3-19(4-2)16-11-10-14(22-16)12-15-17(21)20(18(23)24-15)13-8-6-5-7-9-13/h5-12H,3-4H2,1-2H3/b15-12+. The van der Waals surface area contributed by atoms with Crippen molar-refractivity contribution in [3.8, 4) is 0 Å². The van der Waals surface area contributed by atoms with Gasteiger partial charge in [0.05, 0.1) is 10.6 Å². The first-order valence-corrected chi connectivity index (χ1v) is 9.04. The Bertz CT molecular complexity index is 779. The molecule has 2 heterocycles. The van der Waals surface area contributed by atoms with Crippen LogP contribution in [0, 0.1) is 0 Å². The van der Waals surface area contributed by atoms with Crippen LogP contribution in [-0.4, -0.2) is 23.3 Å². The molecule has 1 aromatic heterocycles. The van der Waals surface area contributed by atoms with Crippen molar-refractivity contribution in [2.45, 2.75) is 13.8 Å². The number of hydrogen-bond acceptors (Lipinski definition) is 5. The number of carbonyl (C=O) groups excluding carboxylic acids is 1. The summed E-state index contributed by atoms with van der Waals surface area (Å²) in [5.41, 5.74) is 0.784. The van der Waals surface area contributed by atoms with Crippen LogP contribution in [-0.2, 0) is 4.79 Å². The summed E-state index contributed by atoms with van der Waals surface area (Å²) >= 11 is 6.66. The fraction of sp³-hybridized carbons (Fsp3) is 0.222. The van der Waals surface area contributed by atoms with E-state index in [4.69, 9.17) is 16.6 Å². The topological polar surface area (TPSA) is 36.7 Å². The van der Waals surface area contributed by atoms with Gasteiger partial charge in [-0.15, -0.1) is 0 Å². The summed E-state index contributed by atoms with van der Waals surface area (Å²) < 4.78 is 6.37. The molecule has 3 rings (SSSR count). The largest absolute Gasteiger partial charge is 0.441 e. The lowest BCUT2D eigenvalue weighted by atomic mass is 10.3. The Morgan fingerprint density at radius 1 is 1.17 bits per heavy atom. The Hall–Kier alpha value is -2.05. The van der Waals surface area contributed by atoms with Crippen LogP contribution < -0.4 is 9.80 Å². The monoisotopic (exact) mass is 358 g/mol. The fourth-order valence-corrected chi connectivity index (χ4v) is 3.80. The van der Waals surface area contributed by atoms with E-state index >= 15 is 0 Å². The molecule has 0 N–H and O–H groups in total. The number of rotatable bonds is 5. The minimum absolute atomic E-state index is 0.114. The Morgan fingerprint density at radius 3 is 2.54 bits per heavy atom. The summed E-state index contributed by atoms with van der Waals surface area (Å²) in [5.74, 6) is 1.35. The maximum atomic E-state index is 12.7. The van der Waals surface area contributed by atoms with Gasteiger partial charge in [-0.25, -0.2) is 0 Å². The first-order valence-electron chi connectivity index (χ1n) is 7.81. The number of benzene rings is 1. The normalized spacial score (nSPS) is 16.2. The molecule has 0 saturated carbocycles. The molecule has 4 nitrogen and oxygen atoms in total. The number of para-hydroxylation sites is 1. The molecule has 1 aliphatic rings. The highest BCUT2D eigenvalue weighted by atomic mass is 32.2. The van der Waals surface area contributed by atoms with E-state index in [1.54, 1.807) is 11.0 Å². The summed E-state index contributed by atoms with van der Waals surface area (Å²) in [4.78, 5) is 16.9. The molecule has 0 aliphatic carbocycles. The average molecular weight is 358 g/mol. The van der Waals surface area contributed by atoms with Crippen LogP contribution in [0.1, 0.15) is 19.6 Å². The van der Waals surface area contributed by atoms with Crippen LogP contribution in [0.15, 0.2) is 51.8 Å². The smallest absolute Gasteiger partial charge is 0.270 e. The molecule has 0 unspecified atom stereocenters. The van der Waals surface area contributed by atoms with Gasteiger partial charge in [-0.3, -0.25) is 9.69 Å². The highest BCUT2D eigenvalue weighted by Gasteiger charge is 2.33. The Labute approximate surface area is 151 Å². The zero-order valence-electron chi connectivity index (χ0n) is 13.6. The Kier molecular flexibility index (Phi) is 5.06. The highest BCUT2D eigenvalue weighted by Crippen LogP contribution is 2.36. The lowest BCUT2D eigenvalue weighted by Gasteiger charge is -2.16. The molecule has 0 radical (unpaired) electrons. The van der Waals surface area contributed by atoms with Gasteiger partial charge in [0.1, 0.15) is 5.76 Å². The molecule has 1 fully saturated rings. The van der Waals surface area contributed by atoms with E-state index in [9.17, 15) is 4.79 Å². The number of thiocarbonyl (C=S) groups is 1. The van der Waals surface area contributed by atoms with E-state index in [0.717, 1.165) is 24.7 Å². The second-order valence-electron chi connectivity index (χ2n) is 5.20. The maximum absolute atomic E-state index is 12.7. The third-order valence-corrected chi connectivity index (χ3v) is 5.07. The molecule has 1 amide bonds. The first-order chi connectivity index (χ1) is 11.6. The maximum Gasteiger partial charge on any atom is 0.270 e. The van der Waals surface area contributed by atoms with Crippen molar-refractivity contribution < 1.29 is 9.21 Å². The van der Waals surface area contributed by atoms with Crippen LogP contribution >= 0.6 is 24.0 Å². The predicted molar refractivity (Wildman–Crippen MR) is 104 cm³/mol. The molecule has 0 spiro atoms. The van der Waals surface area contributed by atoms with Crippen molar-refractivity contribution in [1.29, 1.82) is 0 Å². The summed E-state index contributed by atoms with van der Waals surface area (Å²) in [6, 6.07) is 13.2. The van der Waals surface area contributed by atoms with Crippen molar-refractivity contribution in [3.05, 3.63) is 53.1 Å². The lowest BCUT2D eigenvalue weighted by Crippen LogP contribution is -2.27. The fourth-order valence-electron chi connectivity index (χ4n) is 2.52. The summed E-state index contributed by atoms with van der Waals surface area (Å²) in [6.07, 6.45) is 1.76. The molecule has 6 heteroatoms. The van der Waals surface area contributed by atoms with E-state index in [1.165, 1.54) is 11.8 Å². The first kappa shape index (κ1) is 16.8. The quantitative estimate of drug-likeness (QED) is 0.580. The predicted octanol–water partition coefficient (Wildman–Crippen LogP) is 4.53. The minimum Gasteiger partial charge on any atom is -0.441 e. The zero-order chi connectivity index (χ0) is 17.1. The van der Waals surface area contributed by atoms with Gasteiger partial charge in [0.15, 0.2) is 10.2 Å². The van der Waals surface area contributed by atoms with Crippen molar-refractivity contribution in [3.63, 3.8) is 0 Å². The second kappa shape index (κ2) is 7.23. The molecule has 0 bridgehead atoms. The second-order valence-corrected chi connectivity index (χ2v) is 6.88. The van der Waals surface area contributed by atoms with Gasteiger partial charge in [0, 0.05) is 25.2 Å². The molecular formula is C18H18N2O2S2. The molecule has 0 atom stereocenters. The Balaban J connectivity index is 1.84. The van der Waals surface area contributed by atoms with Gasteiger partial charge in [0.2, 0.25) is 0 Å². The van der Waals surface area contributed by atoms with Crippen molar-refractivity contribution >= 4 is 51.9 Å². The summed E-state index contributed by atoms with van der Waals surface area (Å²) in [6.45, 7) is 5.91. The van der Waals surface area contributed by atoms with E-state index in [-0.39, 0.29) is 5.91 Å². The van der Waals surface area contributed by atoms with Gasteiger partial charge in [-0.1, -0.05) is 42.2 Å². The van der Waals surface area contributed by atoms with E-state index in [2.05, 4.69) is 18.7 Å². The van der Waals surface area contributed by atoms with Crippen LogP contribution in [0.3, 0.4) is 0 Å². The van der Waals surface area contributed by atoms with E-state index < -0.39 is 0 Å². The minimum atomic E-state index is -0.114. The third kappa shape index (κ3) is 3.25. The lowest BCUT2D eigenvalue weighted by molar-refractivity contribution is -0.113. The van der Waals surface area contributed by atoms with E-state index in [1.807, 2.05) is 42.5 Å². The van der Waals surface area contributed by atoms with Gasteiger partial charge >= 0.3 is 0 Å². The SMILES string of the molecule is CCN(CC)c1ccc(/C=C2/SC(=S)N(c3ccccc3)C2=O)o1. The highest BCUT2D eigenvalue weighted by molar-refractivity contribution is 8.27. The van der Waals surface area contributed by atoms with Gasteiger partial charge in [-0.05, 0) is 32.0 Å². The molecule has 2 aromatic rings. The third-order valence-electron chi connectivity index (χ3n) is 3.77. The van der Waals surface area contributed by atoms with Crippen molar-refractivity contribution in [1.82, 2.24) is 0 Å². The van der Waals surface area contributed by atoms with Crippen LogP contribution in [0.2, 0.25) is 0 Å². The van der Waals surface area contributed by atoms with Crippen LogP contribution in [0.25, 0.3) is 6.08 Å². The van der Waals surface area contributed by atoms with Crippen molar-refractivity contribution in [2.75, 3.05) is 22.9 Å². The average Bonchev–Trinajstić information content (AvgIpc) is 3.15. The van der Waals surface area contributed by atoms with Crippen LogP contribution in [0.4, 0.5) is 11.6 Å². The Morgan fingerprint density at radius 2 is 1.88 bits per heavy atom.